The third-order valence-electron chi connectivity index (χ3n) is 5.43. The zero-order valence-electron chi connectivity index (χ0n) is 20.5. The maximum absolute atomic E-state index is 13.0. The molecule has 1 amide bonds. The van der Waals surface area contributed by atoms with E-state index in [4.69, 9.17) is 9.47 Å². The molecule has 0 atom stereocenters. The number of nitriles is 1. The highest BCUT2D eigenvalue weighted by Gasteiger charge is 2.26. The van der Waals surface area contributed by atoms with Crippen molar-refractivity contribution in [2.75, 3.05) is 19.0 Å². The molecule has 180 valence electrons. The van der Waals surface area contributed by atoms with Crippen LogP contribution in [0.5, 0.6) is 5.75 Å². The Morgan fingerprint density at radius 2 is 1.77 bits per heavy atom. The Hall–Kier alpha value is -3.89. The van der Waals surface area contributed by atoms with Gasteiger partial charge in [-0.25, -0.2) is 4.79 Å². The second-order valence-corrected chi connectivity index (χ2v) is 9.36. The van der Waals surface area contributed by atoms with Crippen LogP contribution in [0.1, 0.15) is 53.1 Å². The van der Waals surface area contributed by atoms with Gasteiger partial charge in [-0.05, 0) is 54.7 Å². The Morgan fingerprint density at radius 3 is 2.31 bits per heavy atom. The summed E-state index contributed by atoms with van der Waals surface area (Å²) in [5, 5.41) is 12.7. The number of methoxy groups -OCH3 is 1. The van der Waals surface area contributed by atoms with E-state index in [-0.39, 0.29) is 11.1 Å². The summed E-state index contributed by atoms with van der Waals surface area (Å²) in [5.74, 6) is -0.0528. The van der Waals surface area contributed by atoms with Crippen molar-refractivity contribution in [2.45, 2.75) is 33.6 Å². The van der Waals surface area contributed by atoms with Crippen molar-refractivity contribution in [3.8, 4) is 22.9 Å². The SMILES string of the molecule is CCOc1ccc(-c2c(C)sc(NC(=O)C(C#N)=Cc3ccc(C(C)C)cc3)c2C(=O)OC)cc1. The van der Waals surface area contributed by atoms with Crippen molar-refractivity contribution in [2.24, 2.45) is 0 Å². The number of benzene rings is 2. The summed E-state index contributed by atoms with van der Waals surface area (Å²) in [6.45, 7) is 8.53. The number of hydrogen-bond acceptors (Lipinski definition) is 6. The van der Waals surface area contributed by atoms with Gasteiger partial charge >= 0.3 is 5.97 Å². The molecule has 3 aromatic rings. The monoisotopic (exact) mass is 488 g/mol. The second-order valence-electron chi connectivity index (χ2n) is 8.13. The van der Waals surface area contributed by atoms with E-state index < -0.39 is 11.9 Å². The average Bonchev–Trinajstić information content (AvgIpc) is 3.18. The van der Waals surface area contributed by atoms with Crippen LogP contribution >= 0.6 is 11.3 Å². The van der Waals surface area contributed by atoms with Gasteiger partial charge in [0.1, 0.15) is 28.0 Å². The van der Waals surface area contributed by atoms with E-state index >= 15 is 0 Å². The third-order valence-corrected chi connectivity index (χ3v) is 6.45. The van der Waals surface area contributed by atoms with Crippen LogP contribution < -0.4 is 10.1 Å². The second kappa shape index (κ2) is 11.5. The van der Waals surface area contributed by atoms with E-state index in [2.05, 4.69) is 19.2 Å². The van der Waals surface area contributed by atoms with Gasteiger partial charge in [0, 0.05) is 10.4 Å². The molecule has 0 fully saturated rings. The number of aryl methyl sites for hydroxylation is 1. The van der Waals surface area contributed by atoms with Crippen LogP contribution in [0, 0.1) is 18.3 Å². The largest absolute Gasteiger partial charge is 0.494 e. The lowest BCUT2D eigenvalue weighted by Gasteiger charge is -2.09. The number of carbonyl (C=O) groups is 2. The summed E-state index contributed by atoms with van der Waals surface area (Å²) < 4.78 is 10.5. The molecule has 35 heavy (non-hydrogen) atoms. The molecule has 6 nitrogen and oxygen atoms in total. The summed E-state index contributed by atoms with van der Waals surface area (Å²) in [6, 6.07) is 17.0. The van der Waals surface area contributed by atoms with Crippen molar-refractivity contribution >= 4 is 34.3 Å². The normalized spacial score (nSPS) is 11.2. The van der Waals surface area contributed by atoms with Gasteiger partial charge in [0.2, 0.25) is 0 Å². The summed E-state index contributed by atoms with van der Waals surface area (Å²) in [5.41, 5.74) is 3.57. The first-order valence-electron chi connectivity index (χ1n) is 11.3. The Labute approximate surface area is 209 Å². The highest BCUT2D eigenvalue weighted by atomic mass is 32.1. The zero-order valence-corrected chi connectivity index (χ0v) is 21.3. The van der Waals surface area contributed by atoms with Gasteiger partial charge in [0.05, 0.1) is 13.7 Å². The molecule has 0 aliphatic carbocycles. The van der Waals surface area contributed by atoms with Crippen LogP contribution in [0.3, 0.4) is 0 Å². The van der Waals surface area contributed by atoms with Crippen molar-refractivity contribution < 1.29 is 19.1 Å². The molecule has 0 saturated heterocycles. The number of anilines is 1. The molecule has 0 unspecified atom stereocenters. The van der Waals surface area contributed by atoms with E-state index in [0.717, 1.165) is 21.8 Å². The molecule has 0 spiro atoms. The maximum atomic E-state index is 13.0. The Morgan fingerprint density at radius 1 is 1.11 bits per heavy atom. The molecule has 3 rings (SSSR count). The number of esters is 1. The molecule has 2 aromatic carbocycles. The number of nitrogens with zero attached hydrogens (tertiary/aromatic N) is 1. The van der Waals surface area contributed by atoms with Crippen molar-refractivity contribution in [1.82, 2.24) is 0 Å². The lowest BCUT2D eigenvalue weighted by Crippen LogP contribution is -2.15. The standard InChI is InChI=1S/C28H28N2O4S/c1-6-34-23-13-11-21(12-14-23)24-18(4)35-27(25(24)28(32)33-5)30-26(31)22(16-29)15-19-7-9-20(10-8-19)17(2)3/h7-15,17H,6H2,1-5H3,(H,30,31). The summed E-state index contributed by atoms with van der Waals surface area (Å²) in [7, 11) is 1.30. The smallest absolute Gasteiger partial charge is 0.341 e. The van der Waals surface area contributed by atoms with Gasteiger partial charge in [0.25, 0.3) is 5.91 Å². The number of hydrogen-bond donors (Lipinski definition) is 1. The summed E-state index contributed by atoms with van der Waals surface area (Å²) in [4.78, 5) is 26.6. The first kappa shape index (κ1) is 25.7. The Bertz CT molecular complexity index is 1280. The highest BCUT2D eigenvalue weighted by molar-refractivity contribution is 7.17. The highest BCUT2D eigenvalue weighted by Crippen LogP contribution is 2.41. The van der Waals surface area contributed by atoms with Crippen LogP contribution in [0.25, 0.3) is 17.2 Å². The van der Waals surface area contributed by atoms with Crippen LogP contribution in [-0.4, -0.2) is 25.6 Å². The first-order chi connectivity index (χ1) is 16.8. The van der Waals surface area contributed by atoms with Gasteiger partial charge in [0.15, 0.2) is 0 Å². The van der Waals surface area contributed by atoms with E-state index in [0.29, 0.717) is 23.1 Å². The molecule has 7 heteroatoms. The van der Waals surface area contributed by atoms with Crippen LogP contribution in [-0.2, 0) is 9.53 Å². The van der Waals surface area contributed by atoms with Crippen LogP contribution in [0.2, 0.25) is 0 Å². The van der Waals surface area contributed by atoms with E-state index in [1.54, 1.807) is 0 Å². The summed E-state index contributed by atoms with van der Waals surface area (Å²) >= 11 is 1.26. The zero-order chi connectivity index (χ0) is 25.5. The number of rotatable bonds is 8. The first-order valence-corrected chi connectivity index (χ1v) is 12.1. The number of nitrogens with one attached hydrogen (secondary N) is 1. The predicted molar refractivity (Wildman–Crippen MR) is 140 cm³/mol. The van der Waals surface area contributed by atoms with Crippen molar-refractivity contribution in [1.29, 1.82) is 5.26 Å². The lowest BCUT2D eigenvalue weighted by molar-refractivity contribution is -0.112. The fourth-order valence-electron chi connectivity index (χ4n) is 3.62. The minimum Gasteiger partial charge on any atom is -0.494 e. The molecular weight excluding hydrogens is 460 g/mol. The minimum atomic E-state index is -0.593. The molecule has 1 N–H and O–H groups in total. The fourth-order valence-corrected chi connectivity index (χ4v) is 4.68. The molecular formula is C28H28N2O4S. The van der Waals surface area contributed by atoms with Gasteiger partial charge in [-0.3, -0.25) is 4.79 Å². The topological polar surface area (TPSA) is 88.4 Å². The van der Waals surface area contributed by atoms with Gasteiger partial charge in [-0.15, -0.1) is 11.3 Å². The van der Waals surface area contributed by atoms with E-state index in [1.807, 2.05) is 68.4 Å². The van der Waals surface area contributed by atoms with Gasteiger partial charge < -0.3 is 14.8 Å². The van der Waals surface area contributed by atoms with Gasteiger partial charge in [-0.2, -0.15) is 5.26 Å². The Balaban J connectivity index is 1.95. The number of amides is 1. The third kappa shape index (κ3) is 5.97. The maximum Gasteiger partial charge on any atom is 0.341 e. The average molecular weight is 489 g/mol. The molecule has 1 heterocycles. The molecule has 1 aromatic heterocycles. The molecule has 0 bridgehead atoms. The minimum absolute atomic E-state index is 0.0632. The number of thiophene rings is 1. The molecule has 0 radical (unpaired) electrons. The van der Waals surface area contributed by atoms with Crippen LogP contribution in [0.15, 0.2) is 54.1 Å². The number of carbonyl (C=O) groups excluding carboxylic acids is 2. The predicted octanol–water partition coefficient (Wildman–Crippen LogP) is 6.58. The molecule has 0 aliphatic heterocycles. The van der Waals surface area contributed by atoms with Crippen LogP contribution in [0.4, 0.5) is 5.00 Å². The van der Waals surface area contributed by atoms with Crippen molar-refractivity contribution in [3.63, 3.8) is 0 Å². The lowest BCUT2D eigenvalue weighted by atomic mass is 10.0. The Kier molecular flexibility index (Phi) is 8.45. The quantitative estimate of drug-likeness (QED) is 0.220. The van der Waals surface area contributed by atoms with Gasteiger partial charge in [-0.1, -0.05) is 50.2 Å². The molecule has 0 saturated carbocycles. The van der Waals surface area contributed by atoms with E-state index in [1.165, 1.54) is 30.1 Å². The van der Waals surface area contributed by atoms with Crippen molar-refractivity contribution in [3.05, 3.63) is 75.7 Å². The summed E-state index contributed by atoms with van der Waals surface area (Å²) in [6.07, 6.45) is 1.53. The fraction of sp³-hybridized carbons (Fsp3) is 0.250. The van der Waals surface area contributed by atoms with E-state index in [9.17, 15) is 14.9 Å². The number of ether oxygens (including phenoxy) is 2. The molecule has 0 aliphatic rings.